The van der Waals surface area contributed by atoms with Gasteiger partial charge in [-0.1, -0.05) is 0 Å². The van der Waals surface area contributed by atoms with Gasteiger partial charge in [0.15, 0.2) is 0 Å². The van der Waals surface area contributed by atoms with E-state index in [9.17, 15) is 13.2 Å². The summed E-state index contributed by atoms with van der Waals surface area (Å²) in [5, 5.41) is 6.26. The number of rotatable bonds is 3. The van der Waals surface area contributed by atoms with Crippen LogP contribution in [0.4, 0.5) is 24.7 Å². The van der Waals surface area contributed by atoms with E-state index in [4.69, 9.17) is 0 Å². The van der Waals surface area contributed by atoms with Crippen molar-refractivity contribution in [3.8, 4) is 11.3 Å². The highest BCUT2D eigenvalue weighted by Gasteiger charge is 2.21. The van der Waals surface area contributed by atoms with Gasteiger partial charge in [-0.3, -0.25) is 0 Å². The molecule has 0 saturated heterocycles. The standard InChI is InChI=1S/C18H15F3N4/c19-12-3-1-11(2-4-12)17-18(25-8-7-22-10-16(25)24-17)23-15-6-5-13(20)9-14(15)21/h1-6,9,22-23H,7-8,10H2. The molecule has 0 unspecified atom stereocenters. The van der Waals surface area contributed by atoms with Crippen LogP contribution in [0.1, 0.15) is 5.82 Å². The van der Waals surface area contributed by atoms with Crippen LogP contribution < -0.4 is 10.6 Å². The zero-order valence-electron chi connectivity index (χ0n) is 13.2. The van der Waals surface area contributed by atoms with Gasteiger partial charge in [0.25, 0.3) is 0 Å². The highest BCUT2D eigenvalue weighted by Crippen LogP contribution is 2.33. The molecule has 1 aromatic heterocycles. The van der Waals surface area contributed by atoms with E-state index in [0.29, 0.717) is 30.2 Å². The zero-order valence-corrected chi connectivity index (χ0v) is 13.2. The van der Waals surface area contributed by atoms with E-state index in [1.807, 2.05) is 4.57 Å². The number of nitrogens with one attached hydrogen (secondary N) is 2. The molecular formula is C18H15F3N4. The quantitative estimate of drug-likeness (QED) is 0.759. The van der Waals surface area contributed by atoms with Crippen LogP contribution in [0.2, 0.25) is 0 Å². The van der Waals surface area contributed by atoms with Gasteiger partial charge in [-0.2, -0.15) is 0 Å². The maximum atomic E-state index is 14.1. The van der Waals surface area contributed by atoms with E-state index in [1.165, 1.54) is 24.3 Å². The van der Waals surface area contributed by atoms with Crippen molar-refractivity contribution in [2.24, 2.45) is 0 Å². The molecule has 4 rings (SSSR count). The van der Waals surface area contributed by atoms with E-state index < -0.39 is 11.6 Å². The molecule has 0 atom stereocenters. The summed E-state index contributed by atoms with van der Waals surface area (Å²) in [6, 6.07) is 9.34. The highest BCUT2D eigenvalue weighted by molar-refractivity contribution is 5.76. The highest BCUT2D eigenvalue weighted by atomic mass is 19.1. The number of fused-ring (bicyclic) bond motifs is 1. The van der Waals surface area contributed by atoms with E-state index >= 15 is 0 Å². The van der Waals surface area contributed by atoms with Gasteiger partial charge in [-0.25, -0.2) is 18.2 Å². The minimum Gasteiger partial charge on any atom is -0.337 e. The molecular weight excluding hydrogens is 329 g/mol. The van der Waals surface area contributed by atoms with Crippen LogP contribution in [-0.4, -0.2) is 16.1 Å². The third-order valence-corrected chi connectivity index (χ3v) is 4.14. The monoisotopic (exact) mass is 344 g/mol. The Morgan fingerprint density at radius 2 is 1.76 bits per heavy atom. The second-order valence-corrected chi connectivity index (χ2v) is 5.81. The van der Waals surface area contributed by atoms with Crippen molar-refractivity contribution in [3.05, 3.63) is 65.7 Å². The van der Waals surface area contributed by atoms with Crippen molar-refractivity contribution in [2.45, 2.75) is 13.1 Å². The largest absolute Gasteiger partial charge is 0.337 e. The van der Waals surface area contributed by atoms with Crippen LogP contribution in [-0.2, 0) is 13.1 Å². The Morgan fingerprint density at radius 1 is 1.00 bits per heavy atom. The molecule has 0 spiro atoms. The second-order valence-electron chi connectivity index (χ2n) is 5.81. The number of hydrogen-bond donors (Lipinski definition) is 2. The third-order valence-electron chi connectivity index (χ3n) is 4.14. The minimum absolute atomic E-state index is 0.158. The predicted octanol–water partition coefficient (Wildman–Crippen LogP) is 3.81. The summed E-state index contributed by atoms with van der Waals surface area (Å²) in [4.78, 5) is 4.61. The summed E-state index contributed by atoms with van der Waals surface area (Å²) in [6.45, 7) is 2.00. The molecule has 0 radical (unpaired) electrons. The van der Waals surface area contributed by atoms with E-state index in [0.717, 1.165) is 18.4 Å². The first-order valence-electron chi connectivity index (χ1n) is 7.90. The Balaban J connectivity index is 1.81. The van der Waals surface area contributed by atoms with E-state index in [-0.39, 0.29) is 11.5 Å². The van der Waals surface area contributed by atoms with Crippen molar-refractivity contribution in [3.63, 3.8) is 0 Å². The fraction of sp³-hybridized carbons (Fsp3) is 0.167. The molecule has 0 bridgehead atoms. The summed E-state index contributed by atoms with van der Waals surface area (Å²) in [5.74, 6) is -0.256. The second kappa shape index (κ2) is 6.25. The molecule has 0 amide bonds. The zero-order chi connectivity index (χ0) is 17.4. The van der Waals surface area contributed by atoms with E-state index in [1.54, 1.807) is 12.1 Å². The van der Waals surface area contributed by atoms with Crippen LogP contribution in [0.15, 0.2) is 42.5 Å². The molecule has 2 heterocycles. The lowest BCUT2D eigenvalue weighted by Crippen LogP contribution is -2.28. The van der Waals surface area contributed by atoms with Gasteiger partial charge < -0.3 is 15.2 Å². The van der Waals surface area contributed by atoms with Gasteiger partial charge in [-0.05, 0) is 36.4 Å². The van der Waals surface area contributed by atoms with Gasteiger partial charge in [-0.15, -0.1) is 0 Å². The van der Waals surface area contributed by atoms with Gasteiger partial charge in [0.1, 0.15) is 34.8 Å². The summed E-state index contributed by atoms with van der Waals surface area (Å²) < 4.78 is 42.4. The topological polar surface area (TPSA) is 41.9 Å². The number of anilines is 2. The maximum Gasteiger partial charge on any atom is 0.149 e. The molecule has 2 aromatic carbocycles. The molecule has 0 aliphatic carbocycles. The Bertz CT molecular complexity index is 919. The normalized spacial score (nSPS) is 13.6. The molecule has 0 fully saturated rings. The molecule has 0 saturated carbocycles. The minimum atomic E-state index is -0.686. The molecule has 25 heavy (non-hydrogen) atoms. The molecule has 7 heteroatoms. The van der Waals surface area contributed by atoms with Crippen LogP contribution in [0.25, 0.3) is 11.3 Å². The van der Waals surface area contributed by atoms with E-state index in [2.05, 4.69) is 15.6 Å². The third kappa shape index (κ3) is 2.98. The first kappa shape index (κ1) is 15.7. The summed E-state index contributed by atoms with van der Waals surface area (Å²) >= 11 is 0. The first-order valence-corrected chi connectivity index (χ1v) is 7.90. The van der Waals surface area contributed by atoms with Crippen LogP contribution in [0.3, 0.4) is 0 Å². The SMILES string of the molecule is Fc1ccc(-c2nc3n(c2Nc2ccc(F)cc2F)CCNC3)cc1. The smallest absolute Gasteiger partial charge is 0.149 e. The summed E-state index contributed by atoms with van der Waals surface area (Å²) in [7, 11) is 0. The maximum absolute atomic E-state index is 14.1. The Hall–Kier alpha value is -2.80. The summed E-state index contributed by atoms with van der Waals surface area (Å²) in [5.41, 5.74) is 1.47. The number of imidazole rings is 1. The molecule has 128 valence electrons. The van der Waals surface area contributed by atoms with Crippen LogP contribution in [0, 0.1) is 17.5 Å². The van der Waals surface area contributed by atoms with Crippen LogP contribution in [0.5, 0.6) is 0 Å². The fourth-order valence-electron chi connectivity index (χ4n) is 2.92. The van der Waals surface area contributed by atoms with Crippen molar-refractivity contribution < 1.29 is 13.2 Å². The Kier molecular flexibility index (Phi) is 3.93. The molecule has 3 aromatic rings. The lowest BCUT2D eigenvalue weighted by Gasteiger charge is -2.18. The molecule has 1 aliphatic rings. The predicted molar refractivity (Wildman–Crippen MR) is 89.0 cm³/mol. The summed E-state index contributed by atoms with van der Waals surface area (Å²) in [6.07, 6.45) is 0. The Morgan fingerprint density at radius 3 is 2.52 bits per heavy atom. The van der Waals surface area contributed by atoms with Gasteiger partial charge in [0.2, 0.25) is 0 Å². The lowest BCUT2D eigenvalue weighted by molar-refractivity contribution is 0.509. The number of hydrogen-bond acceptors (Lipinski definition) is 3. The van der Waals surface area contributed by atoms with Gasteiger partial charge in [0, 0.05) is 24.7 Å². The van der Waals surface area contributed by atoms with Crippen molar-refractivity contribution in [2.75, 3.05) is 11.9 Å². The number of halogens is 3. The molecule has 2 N–H and O–H groups in total. The van der Waals surface area contributed by atoms with Crippen molar-refractivity contribution in [1.29, 1.82) is 0 Å². The average Bonchev–Trinajstić information content (AvgIpc) is 2.97. The lowest BCUT2D eigenvalue weighted by atomic mass is 10.1. The number of benzene rings is 2. The number of aromatic nitrogens is 2. The fourth-order valence-corrected chi connectivity index (χ4v) is 2.92. The number of nitrogens with zero attached hydrogens (tertiary/aromatic N) is 2. The van der Waals surface area contributed by atoms with Crippen molar-refractivity contribution in [1.82, 2.24) is 14.9 Å². The Labute approximate surface area is 142 Å². The van der Waals surface area contributed by atoms with Gasteiger partial charge in [0.05, 0.1) is 12.2 Å². The average molecular weight is 344 g/mol. The molecule has 4 nitrogen and oxygen atoms in total. The first-order chi connectivity index (χ1) is 12.1. The molecule has 1 aliphatic heterocycles. The van der Waals surface area contributed by atoms with Crippen molar-refractivity contribution >= 4 is 11.5 Å². The van der Waals surface area contributed by atoms with Gasteiger partial charge >= 0.3 is 0 Å². The van der Waals surface area contributed by atoms with Crippen LogP contribution >= 0.6 is 0 Å².